The number of aromatic carboxylic acids is 2. The minimum atomic E-state index is -1.23. The number of carbonyl (C=O) groups is 2. The molecule has 0 radical (unpaired) electrons. The second-order valence-electron chi connectivity index (χ2n) is 10.8. The lowest BCUT2D eigenvalue weighted by atomic mass is 10.0. The summed E-state index contributed by atoms with van der Waals surface area (Å²) >= 11 is 0. The number of carboxylic acids is 2. The van der Waals surface area contributed by atoms with Crippen LogP contribution in [0.5, 0.6) is 0 Å². The van der Waals surface area contributed by atoms with Gasteiger partial charge in [-0.3, -0.25) is 9.59 Å². The Bertz CT molecular complexity index is 2110. The molecule has 0 aliphatic rings. The molecule has 6 N–H and O–H groups in total. The first kappa shape index (κ1) is 29.7. The number of aromatic nitrogens is 2. The molecule has 6 rings (SSSR count). The topological polar surface area (TPSA) is 213 Å². The first-order valence-corrected chi connectivity index (χ1v) is 13.6. The van der Waals surface area contributed by atoms with Gasteiger partial charge in [0.1, 0.15) is 33.9 Å². The van der Waals surface area contributed by atoms with Crippen molar-refractivity contribution in [2.75, 3.05) is 11.5 Å². The fourth-order valence-electron chi connectivity index (χ4n) is 4.69. The van der Waals surface area contributed by atoms with Gasteiger partial charge in [-0.15, -0.1) is 0 Å². The fourth-order valence-corrected chi connectivity index (χ4v) is 4.69. The van der Waals surface area contributed by atoms with Crippen LogP contribution in [0.15, 0.2) is 67.0 Å². The second-order valence-corrected chi connectivity index (χ2v) is 10.8. The molecule has 0 aliphatic carbocycles. The summed E-state index contributed by atoms with van der Waals surface area (Å²) in [6.45, 7) is 8.09. The highest BCUT2D eigenvalue weighted by Crippen LogP contribution is 2.25. The molecule has 0 saturated carbocycles. The van der Waals surface area contributed by atoms with Gasteiger partial charge in [-0.05, 0) is 59.4 Å². The minimum absolute atomic E-state index is 0.0392. The van der Waals surface area contributed by atoms with Gasteiger partial charge in [-0.25, -0.2) is 9.59 Å². The molecule has 12 heteroatoms. The third kappa shape index (κ3) is 5.28. The van der Waals surface area contributed by atoms with Crippen molar-refractivity contribution in [2.24, 2.45) is 0 Å². The van der Waals surface area contributed by atoms with Crippen molar-refractivity contribution in [3.8, 4) is 0 Å². The van der Waals surface area contributed by atoms with E-state index in [4.69, 9.17) is 30.5 Å². The smallest absolute Gasteiger partial charge is 0.339 e. The Morgan fingerprint density at radius 2 is 1.00 bits per heavy atom. The lowest BCUT2D eigenvalue weighted by Gasteiger charge is -2.07. The summed E-state index contributed by atoms with van der Waals surface area (Å²) in [7, 11) is 0. The van der Waals surface area contributed by atoms with Crippen molar-refractivity contribution >= 4 is 67.7 Å². The Balaban J connectivity index is 0.000000175. The van der Waals surface area contributed by atoms with Gasteiger partial charge in [0.25, 0.3) is 0 Å². The van der Waals surface area contributed by atoms with Gasteiger partial charge in [-0.2, -0.15) is 9.97 Å². The normalized spacial score (nSPS) is 11.4. The van der Waals surface area contributed by atoms with E-state index < -0.39 is 11.9 Å². The van der Waals surface area contributed by atoms with Crippen molar-refractivity contribution in [3.63, 3.8) is 0 Å². The van der Waals surface area contributed by atoms with Crippen molar-refractivity contribution in [1.29, 1.82) is 0 Å². The number of nitrogen functional groups attached to an aromatic ring is 2. The van der Waals surface area contributed by atoms with Crippen LogP contribution in [0.25, 0.3) is 44.1 Å². The van der Waals surface area contributed by atoms with Crippen LogP contribution in [-0.4, -0.2) is 32.1 Å². The zero-order valence-corrected chi connectivity index (χ0v) is 24.2. The molecule has 0 saturated heterocycles. The van der Waals surface area contributed by atoms with Gasteiger partial charge < -0.3 is 30.5 Å². The Labute approximate surface area is 248 Å². The number of fused-ring (bicyclic) bond motifs is 4. The predicted molar refractivity (Wildman–Crippen MR) is 166 cm³/mol. The predicted octanol–water partition coefficient (Wildman–Crippen LogP) is 5.49. The highest BCUT2D eigenvalue weighted by atomic mass is 16.4. The summed E-state index contributed by atoms with van der Waals surface area (Å²) in [5.41, 5.74) is 13.0. The highest BCUT2D eigenvalue weighted by molar-refractivity contribution is 5.99. The van der Waals surface area contributed by atoms with Crippen LogP contribution >= 0.6 is 0 Å². The third-order valence-corrected chi connectivity index (χ3v) is 7.23. The van der Waals surface area contributed by atoms with Crippen LogP contribution in [-0.2, 0) is 0 Å². The molecule has 0 spiro atoms. The van der Waals surface area contributed by atoms with Gasteiger partial charge in [0.05, 0.1) is 21.5 Å². The maximum absolute atomic E-state index is 12.6. The van der Waals surface area contributed by atoms with Gasteiger partial charge in [-0.1, -0.05) is 39.8 Å². The zero-order chi connectivity index (χ0) is 32.0. The largest absolute Gasteiger partial charge is 0.478 e. The fraction of sp³-hybridized carbons (Fsp3) is 0.188. The highest BCUT2D eigenvalue weighted by Gasteiger charge is 2.18. The molecule has 4 heterocycles. The Kier molecular flexibility index (Phi) is 7.52. The van der Waals surface area contributed by atoms with E-state index in [0.717, 1.165) is 11.1 Å². The molecule has 44 heavy (non-hydrogen) atoms. The molecule has 0 aliphatic heterocycles. The summed E-state index contributed by atoms with van der Waals surface area (Å²) in [5.74, 6) is -2.30. The average molecular weight is 597 g/mol. The van der Waals surface area contributed by atoms with E-state index in [1.165, 1.54) is 12.1 Å². The van der Waals surface area contributed by atoms with E-state index in [-0.39, 0.29) is 67.7 Å². The third-order valence-electron chi connectivity index (χ3n) is 7.23. The van der Waals surface area contributed by atoms with E-state index in [1.807, 2.05) is 39.8 Å². The SMILES string of the molecule is CC(C)c1ccc2oc3nc(N)c(C(=O)O)cc3c(=O)c2c1.CC(C)c1ccc2oc3nc(N)c(C(=O)O)cc3c(=O)c2c1. The summed E-state index contributed by atoms with van der Waals surface area (Å²) in [5, 5.41) is 19.2. The molecule has 0 atom stereocenters. The lowest BCUT2D eigenvalue weighted by molar-refractivity contribution is 0.0687. The number of hydrogen-bond donors (Lipinski definition) is 4. The minimum Gasteiger partial charge on any atom is -0.478 e. The molecular formula is C32H28N4O8. The molecule has 0 bridgehead atoms. The number of anilines is 2. The van der Waals surface area contributed by atoms with Crippen LogP contribution in [0.4, 0.5) is 11.6 Å². The van der Waals surface area contributed by atoms with Crippen molar-refractivity contribution in [1.82, 2.24) is 9.97 Å². The molecule has 2 aromatic carbocycles. The van der Waals surface area contributed by atoms with Gasteiger partial charge >= 0.3 is 11.9 Å². The zero-order valence-electron chi connectivity index (χ0n) is 24.2. The molecule has 0 unspecified atom stereocenters. The van der Waals surface area contributed by atoms with Gasteiger partial charge in [0.2, 0.25) is 22.3 Å². The summed E-state index contributed by atoms with van der Waals surface area (Å²) < 4.78 is 11.2. The first-order chi connectivity index (χ1) is 20.8. The summed E-state index contributed by atoms with van der Waals surface area (Å²) in [4.78, 5) is 55.3. The van der Waals surface area contributed by atoms with Crippen LogP contribution in [0, 0.1) is 0 Å². The van der Waals surface area contributed by atoms with Gasteiger partial charge in [0.15, 0.2) is 0 Å². The number of nitrogens with two attached hydrogens (primary N) is 2. The van der Waals surface area contributed by atoms with Crippen molar-refractivity contribution in [2.45, 2.75) is 39.5 Å². The quantitative estimate of drug-likeness (QED) is 0.186. The molecule has 12 nitrogen and oxygen atoms in total. The van der Waals surface area contributed by atoms with E-state index in [9.17, 15) is 19.2 Å². The molecule has 6 aromatic rings. The maximum atomic E-state index is 12.6. The Hall–Kier alpha value is -5.78. The molecular weight excluding hydrogens is 568 g/mol. The number of nitrogens with zero attached hydrogens (tertiary/aromatic N) is 2. The second kappa shape index (κ2) is 11.1. The standard InChI is InChI=1S/2C16H14N2O4/c2*1-7(2)8-3-4-12-9(5-8)13(19)10-6-11(16(20)21)14(17)18-15(10)22-12/h2*3-7H,1-2H3,(H2,17,18)(H,20,21). The Morgan fingerprint density at radius 3 is 1.32 bits per heavy atom. The van der Waals surface area contributed by atoms with Crippen LogP contribution < -0.4 is 22.3 Å². The first-order valence-electron chi connectivity index (χ1n) is 13.6. The molecule has 224 valence electrons. The number of carboxylic acid groups (broad SMARTS) is 2. The Morgan fingerprint density at radius 1 is 0.636 bits per heavy atom. The average Bonchev–Trinajstić information content (AvgIpc) is 2.96. The molecule has 0 amide bonds. The van der Waals surface area contributed by atoms with E-state index in [2.05, 4.69) is 9.97 Å². The summed E-state index contributed by atoms with van der Waals surface area (Å²) in [6, 6.07) is 13.2. The number of benzene rings is 2. The number of pyridine rings is 2. The van der Waals surface area contributed by atoms with Crippen molar-refractivity contribution in [3.05, 3.63) is 91.2 Å². The van der Waals surface area contributed by atoms with Gasteiger partial charge in [0, 0.05) is 0 Å². The number of hydrogen-bond acceptors (Lipinski definition) is 10. The number of rotatable bonds is 4. The van der Waals surface area contributed by atoms with E-state index in [0.29, 0.717) is 21.9 Å². The summed E-state index contributed by atoms with van der Waals surface area (Å²) in [6.07, 6.45) is 0. The molecule has 0 fully saturated rings. The van der Waals surface area contributed by atoms with Crippen molar-refractivity contribution < 1.29 is 28.6 Å². The van der Waals surface area contributed by atoms with E-state index in [1.54, 1.807) is 24.3 Å². The van der Waals surface area contributed by atoms with E-state index >= 15 is 0 Å². The monoisotopic (exact) mass is 596 g/mol. The van der Waals surface area contributed by atoms with Crippen LogP contribution in [0.2, 0.25) is 0 Å². The maximum Gasteiger partial charge on any atom is 0.339 e. The van der Waals surface area contributed by atoms with Crippen LogP contribution in [0.1, 0.15) is 71.4 Å². The molecule has 4 aromatic heterocycles. The lowest BCUT2D eigenvalue weighted by Crippen LogP contribution is -2.09. The van der Waals surface area contributed by atoms with Crippen LogP contribution in [0.3, 0.4) is 0 Å².